The lowest BCUT2D eigenvalue weighted by molar-refractivity contribution is -0.121. The highest BCUT2D eigenvalue weighted by atomic mass is 32.1. The molecule has 0 aromatic carbocycles. The molecule has 0 aliphatic heterocycles. The molecule has 0 N–H and O–H groups in total. The molecule has 0 heterocycles. The molecule has 0 amide bonds. The van der Waals surface area contributed by atoms with E-state index in [9.17, 15) is 14.0 Å². The molecule has 0 unspecified atom stereocenters. The molecule has 0 aromatic rings. The minimum Gasteiger partial charge on any atom is -0.294 e. The Hall–Kier alpha value is -0.900. The van der Waals surface area contributed by atoms with Crippen LogP contribution in [0.2, 0.25) is 0 Å². The molecule has 0 aromatic heterocycles. The maximum atomic E-state index is 11.3. The summed E-state index contributed by atoms with van der Waals surface area (Å²) >= 11 is 3.63. The van der Waals surface area contributed by atoms with Crippen molar-refractivity contribution >= 4 is 24.2 Å². The molecule has 4 heteroatoms. The van der Waals surface area contributed by atoms with E-state index in [2.05, 4.69) is 12.6 Å². The molecule has 0 saturated carbocycles. The van der Waals surface area contributed by atoms with Gasteiger partial charge in [0.1, 0.15) is 0 Å². The first-order chi connectivity index (χ1) is 5.20. The van der Waals surface area contributed by atoms with Gasteiger partial charge in [0.15, 0.2) is 11.6 Å². The van der Waals surface area contributed by atoms with Crippen molar-refractivity contribution in [2.75, 3.05) is 0 Å². The number of hydrogen-bond acceptors (Lipinski definition) is 3. The number of allylic oxidation sites excluding steroid dienone is 2. The van der Waals surface area contributed by atoms with Crippen LogP contribution in [0.5, 0.6) is 0 Å². The van der Waals surface area contributed by atoms with Crippen molar-refractivity contribution in [3.05, 3.63) is 23.9 Å². The fourth-order valence-corrected chi connectivity index (χ4v) is 0.609. The number of halogens is 1. The van der Waals surface area contributed by atoms with Crippen molar-refractivity contribution in [2.45, 2.75) is 6.42 Å². The summed E-state index contributed by atoms with van der Waals surface area (Å²) in [6, 6.07) is 0. The molecule has 0 atom stereocenters. The van der Waals surface area contributed by atoms with Crippen LogP contribution in [0, 0.1) is 0 Å². The van der Waals surface area contributed by atoms with Gasteiger partial charge in [-0.05, 0) is 11.5 Å². The molecular weight excluding hydrogens is 167 g/mol. The molecule has 0 radical (unpaired) electrons. The van der Waals surface area contributed by atoms with Gasteiger partial charge in [-0.2, -0.15) is 12.6 Å². The first-order valence-corrected chi connectivity index (χ1v) is 3.35. The van der Waals surface area contributed by atoms with Crippen molar-refractivity contribution in [1.82, 2.24) is 0 Å². The Bertz CT molecular complexity index is 186. The SMILES string of the molecule is O=C(/C=C/F)CC(=O)/C=C/S. The van der Waals surface area contributed by atoms with E-state index in [1.165, 1.54) is 5.41 Å². The van der Waals surface area contributed by atoms with Gasteiger partial charge in [-0.15, -0.1) is 0 Å². The van der Waals surface area contributed by atoms with Crippen LogP contribution in [0.1, 0.15) is 6.42 Å². The van der Waals surface area contributed by atoms with Crippen molar-refractivity contribution in [1.29, 1.82) is 0 Å². The molecule has 0 spiro atoms. The van der Waals surface area contributed by atoms with E-state index in [0.29, 0.717) is 6.08 Å². The van der Waals surface area contributed by atoms with E-state index in [1.54, 1.807) is 0 Å². The maximum absolute atomic E-state index is 11.3. The predicted molar refractivity (Wildman–Crippen MR) is 43.0 cm³/mol. The van der Waals surface area contributed by atoms with Gasteiger partial charge in [-0.1, -0.05) is 0 Å². The third-order valence-electron chi connectivity index (χ3n) is 0.858. The zero-order chi connectivity index (χ0) is 8.69. The number of carbonyl (C=O) groups is 2. The van der Waals surface area contributed by atoms with Crippen molar-refractivity contribution in [3.63, 3.8) is 0 Å². The summed E-state index contributed by atoms with van der Waals surface area (Å²) in [6.45, 7) is 0. The van der Waals surface area contributed by atoms with Gasteiger partial charge >= 0.3 is 0 Å². The number of thiol groups is 1. The van der Waals surface area contributed by atoms with Crippen LogP contribution < -0.4 is 0 Å². The van der Waals surface area contributed by atoms with Crippen LogP contribution in [0.3, 0.4) is 0 Å². The Morgan fingerprint density at radius 1 is 1.27 bits per heavy atom. The molecule has 11 heavy (non-hydrogen) atoms. The average molecular weight is 174 g/mol. The Balaban J connectivity index is 3.85. The van der Waals surface area contributed by atoms with Crippen molar-refractivity contribution < 1.29 is 14.0 Å². The minimum absolute atomic E-state index is 0.111. The molecular formula is C7H7FO2S. The summed E-state index contributed by atoms with van der Waals surface area (Å²) in [7, 11) is 0. The average Bonchev–Trinajstić information content (AvgIpc) is 1.87. The number of ketones is 2. The van der Waals surface area contributed by atoms with Gasteiger partial charge in [-0.25, -0.2) is 4.39 Å². The summed E-state index contributed by atoms with van der Waals surface area (Å²) in [5.74, 6) is -0.938. The molecule has 0 aliphatic rings. The number of carbonyl (C=O) groups excluding carboxylic acids is 2. The summed E-state index contributed by atoms with van der Waals surface area (Å²) in [5, 5.41) is 1.23. The molecule has 0 rings (SSSR count). The van der Waals surface area contributed by atoms with Crippen molar-refractivity contribution in [2.24, 2.45) is 0 Å². The first-order valence-electron chi connectivity index (χ1n) is 2.84. The zero-order valence-electron chi connectivity index (χ0n) is 5.66. The Kier molecular flexibility index (Phi) is 5.37. The normalized spacial score (nSPS) is 11.1. The third kappa shape index (κ3) is 5.54. The molecule has 0 saturated heterocycles. The van der Waals surface area contributed by atoms with Gasteiger partial charge in [0.2, 0.25) is 0 Å². The monoisotopic (exact) mass is 174 g/mol. The van der Waals surface area contributed by atoms with E-state index >= 15 is 0 Å². The van der Waals surface area contributed by atoms with Gasteiger partial charge in [0, 0.05) is 6.08 Å². The molecule has 0 bridgehead atoms. The van der Waals surface area contributed by atoms with E-state index in [-0.39, 0.29) is 18.5 Å². The Morgan fingerprint density at radius 3 is 2.27 bits per heavy atom. The summed E-state index contributed by atoms with van der Waals surface area (Å²) in [5.41, 5.74) is 0. The van der Waals surface area contributed by atoms with Gasteiger partial charge in [0.25, 0.3) is 0 Å². The second-order valence-corrected chi connectivity index (χ2v) is 2.02. The predicted octanol–water partition coefficient (Wildman–Crippen LogP) is 1.44. The van der Waals surface area contributed by atoms with Crippen LogP contribution in [-0.4, -0.2) is 11.6 Å². The quantitative estimate of drug-likeness (QED) is 0.397. The zero-order valence-corrected chi connectivity index (χ0v) is 6.55. The van der Waals surface area contributed by atoms with Crippen molar-refractivity contribution in [3.8, 4) is 0 Å². The second-order valence-electron chi connectivity index (χ2n) is 1.72. The maximum Gasteiger partial charge on any atom is 0.165 e. The molecule has 2 nitrogen and oxygen atoms in total. The molecule has 0 aliphatic carbocycles. The fourth-order valence-electron chi connectivity index (χ4n) is 0.443. The van der Waals surface area contributed by atoms with Gasteiger partial charge < -0.3 is 0 Å². The highest BCUT2D eigenvalue weighted by Crippen LogP contribution is 1.91. The smallest absolute Gasteiger partial charge is 0.165 e. The third-order valence-corrected chi connectivity index (χ3v) is 1.01. The van der Waals surface area contributed by atoms with E-state index < -0.39 is 5.78 Å². The standard InChI is InChI=1S/C7H7FO2S/c8-3-1-6(9)5-7(10)2-4-11/h1-4,11H,5H2/b3-1+,4-2+. The minimum atomic E-state index is -0.552. The van der Waals surface area contributed by atoms with Crippen LogP contribution in [0.15, 0.2) is 23.9 Å². The van der Waals surface area contributed by atoms with Crippen LogP contribution in [0.25, 0.3) is 0 Å². The highest BCUT2D eigenvalue weighted by Gasteiger charge is 2.01. The second kappa shape index (κ2) is 5.85. The topological polar surface area (TPSA) is 34.1 Å². The van der Waals surface area contributed by atoms with E-state index in [0.717, 1.165) is 6.08 Å². The fraction of sp³-hybridized carbons (Fsp3) is 0.143. The van der Waals surface area contributed by atoms with Crippen LogP contribution in [0.4, 0.5) is 4.39 Å². The van der Waals surface area contributed by atoms with Crippen LogP contribution in [-0.2, 0) is 9.59 Å². The summed E-state index contributed by atoms with van der Waals surface area (Å²) in [4.78, 5) is 21.1. The largest absolute Gasteiger partial charge is 0.294 e. The van der Waals surface area contributed by atoms with Crippen LogP contribution >= 0.6 is 12.6 Å². The van der Waals surface area contributed by atoms with E-state index in [4.69, 9.17) is 0 Å². The lowest BCUT2D eigenvalue weighted by Crippen LogP contribution is -2.01. The van der Waals surface area contributed by atoms with Gasteiger partial charge in [-0.3, -0.25) is 9.59 Å². The van der Waals surface area contributed by atoms with Gasteiger partial charge in [0.05, 0.1) is 12.8 Å². The summed E-state index contributed by atoms with van der Waals surface area (Å²) < 4.78 is 11.3. The number of hydrogen-bond donors (Lipinski definition) is 1. The molecule has 0 fully saturated rings. The Morgan fingerprint density at radius 2 is 1.82 bits per heavy atom. The highest BCUT2D eigenvalue weighted by molar-refractivity contribution is 7.83. The number of rotatable bonds is 4. The summed E-state index contributed by atoms with van der Waals surface area (Å²) in [6.07, 6.45) is 1.66. The van der Waals surface area contributed by atoms with E-state index in [1.807, 2.05) is 0 Å². The lowest BCUT2D eigenvalue weighted by Gasteiger charge is -1.86. The lowest BCUT2D eigenvalue weighted by atomic mass is 10.2. The Labute approximate surface area is 69.2 Å². The molecule has 60 valence electrons. The first kappa shape index (κ1) is 10.1.